The van der Waals surface area contributed by atoms with E-state index in [9.17, 15) is 4.79 Å². The highest BCUT2D eigenvalue weighted by molar-refractivity contribution is 5.98. The van der Waals surface area contributed by atoms with Crippen LogP contribution in [0.5, 0.6) is 0 Å². The van der Waals surface area contributed by atoms with Crippen molar-refractivity contribution < 1.29 is 14.3 Å². The Labute approximate surface area is 106 Å². The van der Waals surface area contributed by atoms with Gasteiger partial charge in [0.2, 0.25) is 0 Å². The van der Waals surface area contributed by atoms with Gasteiger partial charge in [-0.3, -0.25) is 9.78 Å². The normalized spacial score (nSPS) is 10.3. The van der Waals surface area contributed by atoms with Gasteiger partial charge in [0.1, 0.15) is 0 Å². The summed E-state index contributed by atoms with van der Waals surface area (Å²) in [4.78, 5) is 15.5. The third kappa shape index (κ3) is 5.11. The van der Waals surface area contributed by atoms with Crippen molar-refractivity contribution in [3.63, 3.8) is 0 Å². The van der Waals surface area contributed by atoms with Crippen LogP contribution in [0.2, 0.25) is 0 Å². The van der Waals surface area contributed by atoms with E-state index in [4.69, 9.17) is 15.2 Å². The summed E-state index contributed by atoms with van der Waals surface area (Å²) >= 11 is 0. The number of anilines is 1. The molecule has 6 nitrogen and oxygen atoms in total. The standard InChI is InChI=1S/C12H19N3O3/c1-17-7-8-18-6-2-4-15-12(16)10-3-5-14-9-11(10)13/h3,5,9H,2,4,6-8,13H2,1H3,(H,15,16). The quantitative estimate of drug-likeness (QED) is 0.657. The van der Waals surface area contributed by atoms with E-state index in [1.165, 1.54) is 6.20 Å². The third-order valence-electron chi connectivity index (χ3n) is 2.28. The summed E-state index contributed by atoms with van der Waals surface area (Å²) in [6.07, 6.45) is 3.75. The fourth-order valence-electron chi connectivity index (χ4n) is 1.33. The van der Waals surface area contributed by atoms with Crippen molar-refractivity contribution in [2.45, 2.75) is 6.42 Å². The average molecular weight is 253 g/mol. The third-order valence-corrected chi connectivity index (χ3v) is 2.28. The molecule has 0 atom stereocenters. The Morgan fingerprint density at radius 1 is 1.44 bits per heavy atom. The maximum absolute atomic E-state index is 11.7. The number of hydrogen-bond donors (Lipinski definition) is 2. The van der Waals surface area contributed by atoms with E-state index in [1.54, 1.807) is 19.4 Å². The van der Waals surface area contributed by atoms with Crippen LogP contribution in [-0.2, 0) is 9.47 Å². The van der Waals surface area contributed by atoms with Gasteiger partial charge in [-0.2, -0.15) is 0 Å². The summed E-state index contributed by atoms with van der Waals surface area (Å²) in [6.45, 7) is 2.30. The summed E-state index contributed by atoms with van der Waals surface area (Å²) in [7, 11) is 1.63. The zero-order valence-corrected chi connectivity index (χ0v) is 10.5. The molecule has 0 unspecified atom stereocenters. The number of carbonyl (C=O) groups excluding carboxylic acids is 1. The van der Waals surface area contributed by atoms with E-state index in [-0.39, 0.29) is 5.91 Å². The molecule has 0 saturated heterocycles. The minimum absolute atomic E-state index is 0.188. The van der Waals surface area contributed by atoms with Gasteiger partial charge < -0.3 is 20.5 Å². The van der Waals surface area contributed by atoms with Crippen LogP contribution in [0, 0.1) is 0 Å². The molecule has 1 aromatic heterocycles. The van der Waals surface area contributed by atoms with Gasteiger partial charge in [-0.15, -0.1) is 0 Å². The molecule has 0 aliphatic carbocycles. The van der Waals surface area contributed by atoms with E-state index < -0.39 is 0 Å². The number of amides is 1. The Balaban J connectivity index is 2.16. The smallest absolute Gasteiger partial charge is 0.253 e. The van der Waals surface area contributed by atoms with Crippen molar-refractivity contribution in [3.8, 4) is 0 Å². The van der Waals surface area contributed by atoms with E-state index in [1.807, 2.05) is 0 Å². The maximum atomic E-state index is 11.7. The second-order valence-corrected chi connectivity index (χ2v) is 3.68. The largest absolute Gasteiger partial charge is 0.397 e. The Hall–Kier alpha value is -1.66. The first-order chi connectivity index (χ1) is 8.75. The van der Waals surface area contributed by atoms with Crippen molar-refractivity contribution in [2.75, 3.05) is 39.2 Å². The molecule has 3 N–H and O–H groups in total. The number of methoxy groups -OCH3 is 1. The van der Waals surface area contributed by atoms with Crippen LogP contribution in [0.3, 0.4) is 0 Å². The Morgan fingerprint density at radius 3 is 3.00 bits per heavy atom. The summed E-state index contributed by atoms with van der Waals surface area (Å²) in [6, 6.07) is 1.60. The molecule has 0 fully saturated rings. The lowest BCUT2D eigenvalue weighted by molar-refractivity contribution is 0.0688. The molecule has 6 heteroatoms. The molecule has 1 amide bonds. The van der Waals surface area contributed by atoms with Gasteiger partial charge in [0, 0.05) is 26.5 Å². The lowest BCUT2D eigenvalue weighted by Gasteiger charge is -2.07. The average Bonchev–Trinajstić information content (AvgIpc) is 2.38. The molecule has 1 rings (SSSR count). The molecule has 1 heterocycles. The van der Waals surface area contributed by atoms with Crippen molar-refractivity contribution in [1.29, 1.82) is 0 Å². The Morgan fingerprint density at radius 2 is 2.28 bits per heavy atom. The summed E-state index contributed by atoms with van der Waals surface area (Å²) in [5.41, 5.74) is 6.48. The number of nitrogen functional groups attached to an aromatic ring is 1. The second kappa shape index (κ2) is 8.43. The van der Waals surface area contributed by atoms with Crippen molar-refractivity contribution >= 4 is 11.6 Å². The zero-order valence-electron chi connectivity index (χ0n) is 10.5. The first-order valence-corrected chi connectivity index (χ1v) is 5.80. The van der Waals surface area contributed by atoms with Crippen LogP contribution in [0.15, 0.2) is 18.5 Å². The zero-order chi connectivity index (χ0) is 13.2. The summed E-state index contributed by atoms with van der Waals surface area (Å²) in [5.74, 6) is -0.188. The van der Waals surface area contributed by atoms with Gasteiger partial charge >= 0.3 is 0 Å². The van der Waals surface area contributed by atoms with Crippen LogP contribution < -0.4 is 11.1 Å². The van der Waals surface area contributed by atoms with Gasteiger partial charge in [-0.25, -0.2) is 0 Å². The molecule has 0 spiro atoms. The van der Waals surface area contributed by atoms with Gasteiger partial charge in [0.05, 0.1) is 30.7 Å². The van der Waals surface area contributed by atoms with E-state index in [0.29, 0.717) is 37.6 Å². The van der Waals surface area contributed by atoms with Crippen LogP contribution in [0.25, 0.3) is 0 Å². The topological polar surface area (TPSA) is 86.5 Å². The molecule has 0 saturated carbocycles. The van der Waals surface area contributed by atoms with E-state index in [2.05, 4.69) is 10.3 Å². The summed E-state index contributed by atoms with van der Waals surface area (Å²) < 4.78 is 10.1. The molecular formula is C12H19N3O3. The molecule has 1 aromatic rings. The first-order valence-electron chi connectivity index (χ1n) is 5.80. The second-order valence-electron chi connectivity index (χ2n) is 3.68. The highest BCUT2D eigenvalue weighted by Crippen LogP contribution is 2.07. The number of nitrogens with zero attached hydrogens (tertiary/aromatic N) is 1. The lowest BCUT2D eigenvalue weighted by Crippen LogP contribution is -2.26. The molecular weight excluding hydrogens is 234 g/mol. The van der Waals surface area contributed by atoms with E-state index >= 15 is 0 Å². The van der Waals surface area contributed by atoms with Crippen LogP contribution in [0.4, 0.5) is 5.69 Å². The Bertz CT molecular complexity index is 371. The highest BCUT2D eigenvalue weighted by Gasteiger charge is 2.07. The molecule has 18 heavy (non-hydrogen) atoms. The SMILES string of the molecule is COCCOCCCNC(=O)c1ccncc1N. The maximum Gasteiger partial charge on any atom is 0.253 e. The fourth-order valence-corrected chi connectivity index (χ4v) is 1.33. The van der Waals surface area contributed by atoms with Crippen LogP contribution >= 0.6 is 0 Å². The van der Waals surface area contributed by atoms with Crippen molar-refractivity contribution in [3.05, 3.63) is 24.0 Å². The van der Waals surface area contributed by atoms with Gasteiger partial charge in [-0.1, -0.05) is 0 Å². The number of nitrogens with one attached hydrogen (secondary N) is 1. The number of pyridine rings is 1. The number of ether oxygens (including phenoxy) is 2. The number of hydrogen-bond acceptors (Lipinski definition) is 5. The predicted octanol–water partition coefficient (Wildman–Crippen LogP) is 0.447. The van der Waals surface area contributed by atoms with E-state index in [0.717, 1.165) is 6.42 Å². The van der Waals surface area contributed by atoms with Gasteiger partial charge in [0.25, 0.3) is 5.91 Å². The number of aromatic nitrogens is 1. The predicted molar refractivity (Wildman–Crippen MR) is 68.3 cm³/mol. The monoisotopic (exact) mass is 253 g/mol. The Kier molecular flexibility index (Phi) is 6.75. The number of nitrogens with two attached hydrogens (primary N) is 1. The van der Waals surface area contributed by atoms with Crippen LogP contribution in [0.1, 0.15) is 16.8 Å². The van der Waals surface area contributed by atoms with Crippen molar-refractivity contribution in [2.24, 2.45) is 0 Å². The lowest BCUT2D eigenvalue weighted by atomic mass is 10.2. The molecule has 0 aliphatic heterocycles. The molecule has 0 aromatic carbocycles. The molecule has 0 radical (unpaired) electrons. The highest BCUT2D eigenvalue weighted by atomic mass is 16.5. The minimum atomic E-state index is -0.188. The van der Waals surface area contributed by atoms with Crippen molar-refractivity contribution in [1.82, 2.24) is 10.3 Å². The van der Waals surface area contributed by atoms with Gasteiger partial charge in [-0.05, 0) is 12.5 Å². The van der Waals surface area contributed by atoms with Gasteiger partial charge in [0.15, 0.2) is 0 Å². The molecule has 100 valence electrons. The molecule has 0 bridgehead atoms. The number of rotatable bonds is 8. The van der Waals surface area contributed by atoms with Crippen LogP contribution in [-0.4, -0.2) is 44.4 Å². The molecule has 0 aliphatic rings. The minimum Gasteiger partial charge on any atom is -0.397 e. The number of carbonyl (C=O) groups is 1. The summed E-state index contributed by atoms with van der Waals surface area (Å²) in [5, 5.41) is 2.77. The first kappa shape index (κ1) is 14.4. The fraction of sp³-hybridized carbons (Fsp3) is 0.500.